The van der Waals surface area contributed by atoms with Gasteiger partial charge in [-0.1, -0.05) is 44.2 Å². The monoisotopic (exact) mass is 397 g/mol. The van der Waals surface area contributed by atoms with Gasteiger partial charge in [-0.3, -0.25) is 4.79 Å². The summed E-state index contributed by atoms with van der Waals surface area (Å²) in [5.41, 5.74) is 6.14. The maximum atomic E-state index is 13.0. The number of hydrogen-bond donors (Lipinski definition) is 2. The maximum Gasteiger partial charge on any atom is 0.312 e. The van der Waals surface area contributed by atoms with Crippen LogP contribution in [-0.2, 0) is 4.79 Å². The highest BCUT2D eigenvalue weighted by atomic mass is 16.5. The summed E-state index contributed by atoms with van der Waals surface area (Å²) in [6.07, 6.45) is 0.128. The van der Waals surface area contributed by atoms with E-state index in [9.17, 15) is 9.59 Å². The molecule has 2 aromatic rings. The number of hydrogen-bond acceptors (Lipinski definition) is 3. The maximum absolute atomic E-state index is 13.0. The second-order valence-electron chi connectivity index (χ2n) is 7.79. The number of primary amides is 1. The highest BCUT2D eigenvalue weighted by molar-refractivity contribution is 5.79. The number of benzene rings is 2. The van der Waals surface area contributed by atoms with Crippen molar-refractivity contribution in [2.45, 2.75) is 46.2 Å². The third-order valence-corrected chi connectivity index (χ3v) is 4.44. The van der Waals surface area contributed by atoms with Crippen molar-refractivity contribution in [1.82, 2.24) is 10.2 Å². The standard InChI is InChI=1S/C23H31N3O3/c1-16(2)15-26(17(3)4)22(27)14-21(25-23(24)28)18-9-8-12-20(13-18)29-19-10-6-5-7-11-19/h5-13,16-17,21H,14-15H2,1-4H3,(H3,24,25,28). The lowest BCUT2D eigenvalue weighted by Crippen LogP contribution is -2.42. The third-order valence-electron chi connectivity index (χ3n) is 4.44. The summed E-state index contributed by atoms with van der Waals surface area (Å²) in [4.78, 5) is 26.4. The van der Waals surface area contributed by atoms with Crippen molar-refractivity contribution in [2.24, 2.45) is 11.7 Å². The first-order valence-electron chi connectivity index (χ1n) is 9.94. The first-order chi connectivity index (χ1) is 13.8. The van der Waals surface area contributed by atoms with E-state index in [2.05, 4.69) is 19.2 Å². The third kappa shape index (κ3) is 7.14. The minimum absolute atomic E-state index is 0.0261. The largest absolute Gasteiger partial charge is 0.457 e. The predicted octanol–water partition coefficient (Wildman–Crippen LogP) is 4.47. The van der Waals surface area contributed by atoms with Crippen LogP contribution in [0.4, 0.5) is 4.79 Å². The van der Waals surface area contributed by atoms with Crippen molar-refractivity contribution >= 4 is 11.9 Å². The molecule has 2 rings (SSSR count). The first kappa shape index (κ1) is 22.3. The molecular weight excluding hydrogens is 366 g/mol. The Hall–Kier alpha value is -3.02. The molecule has 6 heteroatoms. The molecule has 3 amide bonds. The molecule has 0 aliphatic heterocycles. The highest BCUT2D eigenvalue weighted by Crippen LogP contribution is 2.26. The highest BCUT2D eigenvalue weighted by Gasteiger charge is 2.24. The zero-order valence-electron chi connectivity index (χ0n) is 17.6. The van der Waals surface area contributed by atoms with E-state index in [-0.39, 0.29) is 18.4 Å². The molecule has 0 aromatic heterocycles. The van der Waals surface area contributed by atoms with Crippen LogP contribution in [0.15, 0.2) is 54.6 Å². The molecule has 0 fully saturated rings. The van der Waals surface area contributed by atoms with E-state index >= 15 is 0 Å². The summed E-state index contributed by atoms with van der Waals surface area (Å²) < 4.78 is 5.88. The summed E-state index contributed by atoms with van der Waals surface area (Å²) in [6, 6.07) is 15.6. The second kappa shape index (κ2) is 10.5. The van der Waals surface area contributed by atoms with E-state index in [1.165, 1.54) is 0 Å². The fraction of sp³-hybridized carbons (Fsp3) is 0.391. The van der Waals surface area contributed by atoms with E-state index in [4.69, 9.17) is 10.5 Å². The van der Waals surface area contributed by atoms with Crippen LogP contribution in [0.25, 0.3) is 0 Å². The average molecular weight is 398 g/mol. The lowest BCUT2D eigenvalue weighted by Gasteiger charge is -2.30. The Bertz CT molecular complexity index is 806. The van der Waals surface area contributed by atoms with Crippen molar-refractivity contribution in [3.63, 3.8) is 0 Å². The van der Waals surface area contributed by atoms with Gasteiger partial charge in [0.2, 0.25) is 5.91 Å². The fourth-order valence-electron chi connectivity index (χ4n) is 3.13. The molecule has 1 atom stereocenters. The summed E-state index contributed by atoms with van der Waals surface area (Å²) in [7, 11) is 0. The van der Waals surface area contributed by atoms with Crippen LogP contribution in [0.1, 0.15) is 45.7 Å². The summed E-state index contributed by atoms with van der Waals surface area (Å²) in [5.74, 6) is 1.66. The molecule has 0 saturated carbocycles. The molecular formula is C23H31N3O3. The van der Waals surface area contributed by atoms with E-state index in [1.54, 1.807) is 0 Å². The first-order valence-corrected chi connectivity index (χ1v) is 9.94. The van der Waals surface area contributed by atoms with Gasteiger partial charge in [0.25, 0.3) is 0 Å². The van der Waals surface area contributed by atoms with Crippen molar-refractivity contribution in [2.75, 3.05) is 6.54 Å². The zero-order chi connectivity index (χ0) is 21.4. The number of carbonyl (C=O) groups is 2. The number of urea groups is 1. The lowest BCUT2D eigenvalue weighted by molar-refractivity contribution is -0.134. The van der Waals surface area contributed by atoms with Crippen LogP contribution < -0.4 is 15.8 Å². The Balaban J connectivity index is 2.22. The molecule has 156 valence electrons. The molecule has 3 N–H and O–H groups in total. The number of amides is 3. The Labute approximate surface area is 173 Å². The molecule has 6 nitrogen and oxygen atoms in total. The van der Waals surface area contributed by atoms with Gasteiger partial charge in [-0.15, -0.1) is 0 Å². The fourth-order valence-corrected chi connectivity index (χ4v) is 3.13. The van der Waals surface area contributed by atoms with E-state index < -0.39 is 12.1 Å². The molecule has 0 saturated heterocycles. The summed E-state index contributed by atoms with van der Waals surface area (Å²) >= 11 is 0. The van der Waals surface area contributed by atoms with Gasteiger partial charge in [0.15, 0.2) is 0 Å². The van der Waals surface area contributed by atoms with Crippen LogP contribution in [0.5, 0.6) is 11.5 Å². The normalized spacial score (nSPS) is 11.9. The smallest absolute Gasteiger partial charge is 0.312 e. The molecule has 0 spiro atoms. The number of nitrogens with two attached hydrogens (primary N) is 1. The molecule has 0 bridgehead atoms. The van der Waals surface area contributed by atoms with Gasteiger partial charge in [0.1, 0.15) is 11.5 Å². The molecule has 0 radical (unpaired) electrons. The van der Waals surface area contributed by atoms with Gasteiger partial charge >= 0.3 is 6.03 Å². The molecule has 0 aliphatic carbocycles. The van der Waals surface area contributed by atoms with Crippen molar-refractivity contribution in [1.29, 1.82) is 0 Å². The number of rotatable bonds is 9. The topological polar surface area (TPSA) is 84.7 Å². The second-order valence-corrected chi connectivity index (χ2v) is 7.79. The van der Waals surface area contributed by atoms with E-state index in [1.807, 2.05) is 73.3 Å². The van der Waals surface area contributed by atoms with Gasteiger partial charge in [-0.05, 0) is 49.6 Å². The number of carbonyl (C=O) groups excluding carboxylic acids is 2. The van der Waals surface area contributed by atoms with Crippen molar-refractivity contribution < 1.29 is 14.3 Å². The molecule has 0 aliphatic rings. The zero-order valence-corrected chi connectivity index (χ0v) is 17.6. The number of nitrogens with one attached hydrogen (secondary N) is 1. The number of para-hydroxylation sites is 1. The minimum Gasteiger partial charge on any atom is -0.457 e. The number of nitrogens with zero attached hydrogens (tertiary/aromatic N) is 1. The van der Waals surface area contributed by atoms with Crippen LogP contribution in [-0.4, -0.2) is 29.4 Å². The molecule has 0 heterocycles. The molecule has 1 unspecified atom stereocenters. The Morgan fingerprint density at radius 1 is 1.00 bits per heavy atom. The van der Waals surface area contributed by atoms with Crippen molar-refractivity contribution in [3.05, 3.63) is 60.2 Å². The molecule has 2 aromatic carbocycles. The predicted molar refractivity (Wildman–Crippen MR) is 115 cm³/mol. The van der Waals surface area contributed by atoms with E-state index in [0.29, 0.717) is 24.0 Å². The van der Waals surface area contributed by atoms with Crippen LogP contribution in [0.3, 0.4) is 0 Å². The van der Waals surface area contributed by atoms with Gasteiger partial charge in [0.05, 0.1) is 12.5 Å². The Kier molecular flexibility index (Phi) is 8.07. The minimum atomic E-state index is -0.669. The SMILES string of the molecule is CC(C)CN(C(=O)CC(NC(N)=O)c1cccc(Oc2ccccc2)c1)C(C)C. The summed E-state index contributed by atoms with van der Waals surface area (Å²) in [6.45, 7) is 8.80. The van der Waals surface area contributed by atoms with E-state index in [0.717, 1.165) is 5.56 Å². The number of ether oxygens (including phenoxy) is 1. The quantitative estimate of drug-likeness (QED) is 0.655. The molecule has 29 heavy (non-hydrogen) atoms. The van der Waals surface area contributed by atoms with Gasteiger partial charge in [0, 0.05) is 12.6 Å². The van der Waals surface area contributed by atoms with Crippen molar-refractivity contribution in [3.8, 4) is 11.5 Å². The van der Waals surface area contributed by atoms with Crippen LogP contribution >= 0.6 is 0 Å². The van der Waals surface area contributed by atoms with Gasteiger partial charge in [-0.25, -0.2) is 4.79 Å². The summed E-state index contributed by atoms with van der Waals surface area (Å²) in [5, 5.41) is 2.70. The van der Waals surface area contributed by atoms with Gasteiger partial charge in [-0.2, -0.15) is 0 Å². The van der Waals surface area contributed by atoms with Crippen LogP contribution in [0, 0.1) is 5.92 Å². The van der Waals surface area contributed by atoms with Crippen LogP contribution in [0.2, 0.25) is 0 Å². The average Bonchev–Trinajstić information content (AvgIpc) is 2.66. The Morgan fingerprint density at radius 2 is 1.66 bits per heavy atom. The lowest BCUT2D eigenvalue weighted by atomic mass is 10.0. The Morgan fingerprint density at radius 3 is 2.24 bits per heavy atom. The van der Waals surface area contributed by atoms with Gasteiger partial charge < -0.3 is 20.7 Å².